The molecule has 1 heterocycles. The maximum absolute atomic E-state index is 10.6. The highest BCUT2D eigenvalue weighted by molar-refractivity contribution is 5.88. The summed E-state index contributed by atoms with van der Waals surface area (Å²) < 4.78 is 0. The van der Waals surface area contributed by atoms with Gasteiger partial charge < -0.3 is 5.73 Å². The van der Waals surface area contributed by atoms with Crippen LogP contribution >= 0.6 is 0 Å². The average Bonchev–Trinajstić information content (AvgIpc) is 1.85. The number of rotatable bonds is 1. The Balaban J connectivity index is 3.19. The van der Waals surface area contributed by atoms with Gasteiger partial charge in [-0.1, -0.05) is 0 Å². The van der Waals surface area contributed by atoms with Gasteiger partial charge in [0.05, 0.1) is 0 Å². The van der Waals surface area contributed by atoms with Gasteiger partial charge in [0.2, 0.25) is 5.82 Å². The van der Waals surface area contributed by atoms with Crippen molar-refractivity contribution in [1.82, 2.24) is 9.97 Å². The number of primary amides is 1. The first-order valence-corrected chi connectivity index (χ1v) is 3.14. The zero-order chi connectivity index (χ0) is 8.43. The van der Waals surface area contributed by atoms with Gasteiger partial charge >= 0.3 is 0 Å². The topological polar surface area (TPSA) is 68.9 Å². The molecule has 2 N–H and O–H groups in total. The van der Waals surface area contributed by atoms with Gasteiger partial charge in [0.15, 0.2) is 0 Å². The largest absolute Gasteiger partial charge is 0.363 e. The predicted octanol–water partition coefficient (Wildman–Crippen LogP) is -0.00747. The molecule has 1 amide bonds. The fraction of sp³-hybridized carbons (Fsp3) is 0.286. The maximum atomic E-state index is 10.6. The van der Waals surface area contributed by atoms with E-state index in [0.29, 0.717) is 11.4 Å². The summed E-state index contributed by atoms with van der Waals surface area (Å²) in [7, 11) is 0. The van der Waals surface area contributed by atoms with Crippen molar-refractivity contribution < 1.29 is 4.79 Å². The van der Waals surface area contributed by atoms with E-state index < -0.39 is 5.91 Å². The number of hydrogen-bond acceptors (Lipinski definition) is 3. The Morgan fingerprint density at radius 1 is 1.36 bits per heavy atom. The van der Waals surface area contributed by atoms with E-state index >= 15 is 0 Å². The molecule has 0 atom stereocenters. The molecule has 0 unspecified atom stereocenters. The van der Waals surface area contributed by atoms with E-state index in [1.165, 1.54) is 0 Å². The van der Waals surface area contributed by atoms with Crippen LogP contribution in [0.5, 0.6) is 0 Å². The second kappa shape index (κ2) is 2.65. The molecule has 0 spiro atoms. The molecule has 4 heteroatoms. The molecule has 0 saturated heterocycles. The van der Waals surface area contributed by atoms with Crippen LogP contribution in [0.3, 0.4) is 0 Å². The summed E-state index contributed by atoms with van der Waals surface area (Å²) in [6.45, 7) is 3.47. The fourth-order valence-electron chi connectivity index (χ4n) is 0.771. The molecular weight excluding hydrogens is 142 g/mol. The van der Waals surface area contributed by atoms with Crippen LogP contribution in [0.15, 0.2) is 0 Å². The predicted molar refractivity (Wildman–Crippen MR) is 38.9 cm³/mol. The van der Waals surface area contributed by atoms with Crippen molar-refractivity contribution in [2.45, 2.75) is 13.8 Å². The van der Waals surface area contributed by atoms with Crippen molar-refractivity contribution in [3.63, 3.8) is 0 Å². The van der Waals surface area contributed by atoms with Crippen LogP contribution in [-0.2, 0) is 0 Å². The van der Waals surface area contributed by atoms with Crippen molar-refractivity contribution in [3.05, 3.63) is 23.3 Å². The van der Waals surface area contributed by atoms with Gasteiger partial charge in [0, 0.05) is 17.5 Å². The lowest BCUT2D eigenvalue weighted by Gasteiger charge is -1.96. The molecule has 1 radical (unpaired) electrons. The first-order valence-electron chi connectivity index (χ1n) is 3.14. The number of amides is 1. The molecule has 0 bridgehead atoms. The van der Waals surface area contributed by atoms with Gasteiger partial charge in [-0.15, -0.1) is 0 Å². The highest BCUT2D eigenvalue weighted by atomic mass is 16.1. The first-order chi connectivity index (χ1) is 5.09. The van der Waals surface area contributed by atoms with Gasteiger partial charge in [-0.2, -0.15) is 0 Å². The molecule has 0 aliphatic rings. The SMILES string of the molecule is Cc1[c]c(C)nc(C(N)=O)n1. The molecular formula is C7H8N3O. The molecule has 11 heavy (non-hydrogen) atoms. The summed E-state index contributed by atoms with van der Waals surface area (Å²) in [6.07, 6.45) is 0. The summed E-state index contributed by atoms with van der Waals surface area (Å²) >= 11 is 0. The van der Waals surface area contributed by atoms with Gasteiger partial charge in [0.25, 0.3) is 5.91 Å². The van der Waals surface area contributed by atoms with Gasteiger partial charge in [-0.05, 0) is 13.8 Å². The normalized spacial score (nSPS) is 9.64. The van der Waals surface area contributed by atoms with Crippen molar-refractivity contribution in [1.29, 1.82) is 0 Å². The first kappa shape index (κ1) is 7.65. The Kier molecular flexibility index (Phi) is 1.85. The van der Waals surface area contributed by atoms with E-state index in [4.69, 9.17) is 5.73 Å². The minimum atomic E-state index is -0.606. The molecule has 0 fully saturated rings. The van der Waals surface area contributed by atoms with Crippen LogP contribution in [-0.4, -0.2) is 15.9 Å². The maximum Gasteiger partial charge on any atom is 0.286 e. The fourth-order valence-corrected chi connectivity index (χ4v) is 0.771. The molecule has 4 nitrogen and oxygen atoms in total. The van der Waals surface area contributed by atoms with Crippen molar-refractivity contribution in [2.24, 2.45) is 5.73 Å². The summed E-state index contributed by atoms with van der Waals surface area (Å²) in [5.74, 6) is -0.552. The van der Waals surface area contributed by atoms with E-state index in [9.17, 15) is 4.79 Å². The highest BCUT2D eigenvalue weighted by Gasteiger charge is 2.04. The molecule has 0 aromatic carbocycles. The Hall–Kier alpha value is -1.45. The monoisotopic (exact) mass is 150 g/mol. The van der Waals surface area contributed by atoms with E-state index in [1.807, 2.05) is 0 Å². The molecule has 0 saturated carbocycles. The zero-order valence-electron chi connectivity index (χ0n) is 6.38. The van der Waals surface area contributed by atoms with Crippen molar-refractivity contribution in [2.75, 3.05) is 0 Å². The Morgan fingerprint density at radius 2 is 1.82 bits per heavy atom. The Morgan fingerprint density at radius 3 is 2.18 bits per heavy atom. The number of aromatic nitrogens is 2. The number of aryl methyl sites for hydroxylation is 2. The zero-order valence-corrected chi connectivity index (χ0v) is 6.38. The molecule has 0 aliphatic heterocycles. The number of nitrogens with two attached hydrogens (primary N) is 1. The second-order valence-corrected chi connectivity index (χ2v) is 2.21. The lowest BCUT2D eigenvalue weighted by molar-refractivity contribution is 0.0990. The quantitative estimate of drug-likeness (QED) is 0.612. The standard InChI is InChI=1S/C7H8N3O/c1-4-3-5(2)10-7(9-4)6(8)11/h1-2H3,(H2,8,11). The lowest BCUT2D eigenvalue weighted by Crippen LogP contribution is -2.16. The number of carbonyl (C=O) groups is 1. The summed E-state index contributed by atoms with van der Waals surface area (Å²) in [5.41, 5.74) is 6.24. The smallest absolute Gasteiger partial charge is 0.286 e. The van der Waals surface area contributed by atoms with E-state index in [1.54, 1.807) is 13.8 Å². The van der Waals surface area contributed by atoms with Crippen LogP contribution in [0, 0.1) is 19.9 Å². The third kappa shape index (κ3) is 1.73. The second-order valence-electron chi connectivity index (χ2n) is 2.21. The molecule has 1 aromatic heterocycles. The van der Waals surface area contributed by atoms with Gasteiger partial charge in [0.1, 0.15) is 0 Å². The Labute approximate surface area is 64.5 Å². The third-order valence-corrected chi connectivity index (χ3v) is 1.13. The molecule has 0 aliphatic carbocycles. The van der Waals surface area contributed by atoms with Gasteiger partial charge in [-0.3, -0.25) is 4.79 Å². The van der Waals surface area contributed by atoms with Crippen LogP contribution in [0.2, 0.25) is 0 Å². The molecule has 57 valence electrons. The van der Waals surface area contributed by atoms with Crippen LogP contribution in [0.4, 0.5) is 0 Å². The van der Waals surface area contributed by atoms with E-state index in [0.717, 1.165) is 0 Å². The average molecular weight is 150 g/mol. The van der Waals surface area contributed by atoms with Crippen LogP contribution in [0.1, 0.15) is 22.0 Å². The van der Waals surface area contributed by atoms with Crippen molar-refractivity contribution in [3.8, 4) is 0 Å². The highest BCUT2D eigenvalue weighted by Crippen LogP contribution is 1.96. The van der Waals surface area contributed by atoms with Crippen molar-refractivity contribution >= 4 is 5.91 Å². The lowest BCUT2D eigenvalue weighted by atomic mass is 10.3. The van der Waals surface area contributed by atoms with Crippen LogP contribution < -0.4 is 5.73 Å². The molecule has 1 aromatic rings. The third-order valence-electron chi connectivity index (χ3n) is 1.13. The Bertz CT molecular complexity index is 275. The number of nitrogens with zero attached hydrogens (tertiary/aromatic N) is 2. The number of hydrogen-bond donors (Lipinski definition) is 1. The van der Waals surface area contributed by atoms with E-state index in [-0.39, 0.29) is 5.82 Å². The van der Waals surface area contributed by atoms with Crippen LogP contribution in [0.25, 0.3) is 0 Å². The summed E-state index contributed by atoms with van der Waals surface area (Å²) in [6, 6.07) is 2.84. The number of carbonyl (C=O) groups excluding carboxylic acids is 1. The summed E-state index contributed by atoms with van der Waals surface area (Å²) in [5, 5.41) is 0. The minimum absolute atomic E-state index is 0.0544. The van der Waals surface area contributed by atoms with E-state index in [2.05, 4.69) is 16.0 Å². The molecule has 1 rings (SSSR count). The minimum Gasteiger partial charge on any atom is -0.363 e. The summed E-state index contributed by atoms with van der Waals surface area (Å²) in [4.78, 5) is 18.2. The van der Waals surface area contributed by atoms with Gasteiger partial charge in [-0.25, -0.2) is 9.97 Å².